The van der Waals surface area contributed by atoms with Crippen LogP contribution in [0.3, 0.4) is 0 Å². The van der Waals surface area contributed by atoms with Crippen molar-refractivity contribution >= 4 is 39.1 Å². The van der Waals surface area contributed by atoms with Gasteiger partial charge in [0.05, 0.1) is 23.3 Å². The summed E-state index contributed by atoms with van der Waals surface area (Å²) in [5, 5.41) is 0.292. The second kappa shape index (κ2) is 8.46. The number of hydrogen-bond acceptors (Lipinski definition) is 5. The number of methoxy groups -OCH3 is 1. The third-order valence-electron chi connectivity index (χ3n) is 4.07. The molecule has 1 N–H and O–H groups in total. The molecule has 0 amide bonds. The Balaban J connectivity index is 2.00. The van der Waals surface area contributed by atoms with Crippen molar-refractivity contribution in [2.75, 3.05) is 11.8 Å². The second-order valence-electron chi connectivity index (χ2n) is 6.01. The summed E-state index contributed by atoms with van der Waals surface area (Å²) in [6, 6.07) is 18.1. The lowest BCUT2D eigenvalue weighted by atomic mass is 10.0. The van der Waals surface area contributed by atoms with Gasteiger partial charge in [-0.15, -0.1) is 0 Å². The molecule has 148 valence electrons. The molecule has 0 aliphatic carbocycles. The monoisotopic (exact) mass is 429 g/mol. The number of rotatable bonds is 6. The molecule has 3 aromatic carbocycles. The number of anilines is 1. The average Bonchev–Trinajstić information content (AvgIpc) is 2.74. The van der Waals surface area contributed by atoms with E-state index in [1.165, 1.54) is 49.6 Å². The summed E-state index contributed by atoms with van der Waals surface area (Å²) >= 11 is 6.03. The number of esters is 1. The van der Waals surface area contributed by atoms with Gasteiger partial charge in [0.25, 0.3) is 10.0 Å². The van der Waals surface area contributed by atoms with E-state index in [4.69, 9.17) is 11.6 Å². The van der Waals surface area contributed by atoms with Crippen LogP contribution in [0.4, 0.5) is 5.69 Å². The molecule has 0 unspecified atom stereocenters. The van der Waals surface area contributed by atoms with Gasteiger partial charge < -0.3 is 4.74 Å². The molecule has 0 saturated carbocycles. The van der Waals surface area contributed by atoms with Crippen LogP contribution in [-0.4, -0.2) is 27.3 Å². The van der Waals surface area contributed by atoms with Crippen LogP contribution in [0.5, 0.6) is 0 Å². The van der Waals surface area contributed by atoms with Crippen LogP contribution in [0, 0.1) is 0 Å². The fourth-order valence-corrected chi connectivity index (χ4v) is 3.95. The molecule has 0 saturated heterocycles. The number of carbonyl (C=O) groups excluding carboxylic acids is 2. The number of hydrogen-bond donors (Lipinski definition) is 1. The minimum Gasteiger partial charge on any atom is -0.465 e. The van der Waals surface area contributed by atoms with Crippen molar-refractivity contribution in [3.63, 3.8) is 0 Å². The van der Waals surface area contributed by atoms with Gasteiger partial charge in [-0.3, -0.25) is 9.52 Å². The Morgan fingerprint density at radius 1 is 0.897 bits per heavy atom. The third kappa shape index (κ3) is 4.64. The van der Waals surface area contributed by atoms with E-state index >= 15 is 0 Å². The lowest BCUT2D eigenvalue weighted by molar-refractivity contribution is 0.0600. The summed E-state index contributed by atoms with van der Waals surface area (Å²) in [6.45, 7) is 0. The van der Waals surface area contributed by atoms with Crippen LogP contribution in [0.1, 0.15) is 26.3 Å². The zero-order valence-corrected chi connectivity index (χ0v) is 16.8. The molecule has 0 atom stereocenters. The van der Waals surface area contributed by atoms with Crippen molar-refractivity contribution in [1.82, 2.24) is 0 Å². The molecule has 0 spiro atoms. The SMILES string of the molecule is COC(=O)c1cccc(S(=O)(=O)Nc2ccc(Cl)cc2C(=O)c2ccccc2)c1. The largest absolute Gasteiger partial charge is 0.465 e. The van der Waals surface area contributed by atoms with E-state index in [1.807, 2.05) is 0 Å². The molecule has 0 fully saturated rings. The van der Waals surface area contributed by atoms with Crippen molar-refractivity contribution < 1.29 is 22.7 Å². The van der Waals surface area contributed by atoms with E-state index in [2.05, 4.69) is 9.46 Å². The maximum absolute atomic E-state index is 12.9. The lowest BCUT2D eigenvalue weighted by Gasteiger charge is -2.13. The number of benzene rings is 3. The Morgan fingerprint density at radius 2 is 1.59 bits per heavy atom. The normalized spacial score (nSPS) is 11.0. The quantitative estimate of drug-likeness (QED) is 0.469. The van der Waals surface area contributed by atoms with E-state index in [0.717, 1.165) is 0 Å². The number of ether oxygens (including phenoxy) is 1. The van der Waals surface area contributed by atoms with Crippen LogP contribution in [0.15, 0.2) is 77.7 Å². The third-order valence-corrected chi connectivity index (χ3v) is 5.67. The van der Waals surface area contributed by atoms with E-state index in [0.29, 0.717) is 10.6 Å². The first-order chi connectivity index (χ1) is 13.8. The fourth-order valence-electron chi connectivity index (χ4n) is 2.65. The predicted molar refractivity (Wildman–Crippen MR) is 110 cm³/mol. The van der Waals surface area contributed by atoms with Crippen molar-refractivity contribution in [2.45, 2.75) is 4.90 Å². The number of carbonyl (C=O) groups is 2. The van der Waals surface area contributed by atoms with Crippen molar-refractivity contribution in [3.05, 3.63) is 94.5 Å². The molecule has 6 nitrogen and oxygen atoms in total. The van der Waals surface area contributed by atoms with Gasteiger partial charge in [0.1, 0.15) is 0 Å². The summed E-state index contributed by atoms with van der Waals surface area (Å²) < 4.78 is 32.7. The molecule has 0 aliphatic rings. The first kappa shape index (κ1) is 20.6. The molecule has 0 radical (unpaired) electrons. The zero-order chi connectivity index (χ0) is 21.0. The molecule has 0 aromatic heterocycles. The lowest BCUT2D eigenvalue weighted by Crippen LogP contribution is -2.16. The fraction of sp³-hybridized carbons (Fsp3) is 0.0476. The molecule has 3 rings (SSSR count). The molecule has 0 bridgehead atoms. The minimum atomic E-state index is -4.08. The summed E-state index contributed by atoms with van der Waals surface area (Å²) in [5.41, 5.74) is 0.665. The van der Waals surface area contributed by atoms with Gasteiger partial charge >= 0.3 is 5.97 Å². The Morgan fingerprint density at radius 3 is 2.28 bits per heavy atom. The molecular formula is C21H16ClNO5S. The summed E-state index contributed by atoms with van der Waals surface area (Å²) in [4.78, 5) is 24.4. The second-order valence-corrected chi connectivity index (χ2v) is 8.13. The van der Waals surface area contributed by atoms with Gasteiger partial charge in [0, 0.05) is 16.1 Å². The van der Waals surface area contributed by atoms with Gasteiger partial charge in [-0.25, -0.2) is 13.2 Å². The number of ketones is 1. The first-order valence-corrected chi connectivity index (χ1v) is 10.3. The van der Waals surface area contributed by atoms with Crippen LogP contribution in [0.25, 0.3) is 0 Å². The zero-order valence-electron chi connectivity index (χ0n) is 15.3. The summed E-state index contributed by atoms with van der Waals surface area (Å²) in [6.07, 6.45) is 0. The van der Waals surface area contributed by atoms with E-state index in [9.17, 15) is 18.0 Å². The average molecular weight is 430 g/mol. The van der Waals surface area contributed by atoms with Gasteiger partial charge in [-0.2, -0.15) is 0 Å². The highest BCUT2D eigenvalue weighted by atomic mass is 35.5. The van der Waals surface area contributed by atoms with Gasteiger partial charge in [-0.1, -0.05) is 48.0 Å². The maximum atomic E-state index is 12.9. The van der Waals surface area contributed by atoms with Crippen LogP contribution >= 0.6 is 11.6 Å². The Kier molecular flexibility index (Phi) is 6.00. The Bertz CT molecular complexity index is 1180. The van der Waals surface area contributed by atoms with E-state index in [-0.39, 0.29) is 27.5 Å². The summed E-state index contributed by atoms with van der Waals surface area (Å²) in [7, 11) is -2.88. The van der Waals surface area contributed by atoms with Gasteiger partial charge in [0.2, 0.25) is 0 Å². The highest BCUT2D eigenvalue weighted by Crippen LogP contribution is 2.26. The predicted octanol–water partition coefficient (Wildman–Crippen LogP) is 4.16. The van der Waals surface area contributed by atoms with Crippen molar-refractivity contribution in [3.8, 4) is 0 Å². The number of nitrogens with one attached hydrogen (secondary N) is 1. The number of halogens is 1. The molecule has 3 aromatic rings. The van der Waals surface area contributed by atoms with E-state index < -0.39 is 16.0 Å². The van der Waals surface area contributed by atoms with Crippen LogP contribution in [0.2, 0.25) is 5.02 Å². The Hall–Kier alpha value is -3.16. The topological polar surface area (TPSA) is 89.5 Å². The van der Waals surface area contributed by atoms with Gasteiger partial charge in [-0.05, 0) is 36.4 Å². The van der Waals surface area contributed by atoms with Crippen LogP contribution in [-0.2, 0) is 14.8 Å². The Labute approximate surface area is 173 Å². The molecule has 29 heavy (non-hydrogen) atoms. The molecule has 0 aliphatic heterocycles. The van der Waals surface area contributed by atoms with Gasteiger partial charge in [0.15, 0.2) is 5.78 Å². The highest BCUT2D eigenvalue weighted by Gasteiger charge is 2.21. The summed E-state index contributed by atoms with van der Waals surface area (Å²) in [5.74, 6) is -1.04. The standard InChI is InChI=1S/C21H16ClNO5S/c1-28-21(25)15-8-5-9-17(12-15)29(26,27)23-19-11-10-16(22)13-18(19)20(24)14-6-3-2-4-7-14/h2-13,23H,1H3. The first-order valence-electron chi connectivity index (χ1n) is 8.42. The smallest absolute Gasteiger partial charge is 0.337 e. The minimum absolute atomic E-state index is 0.0757. The van der Waals surface area contributed by atoms with E-state index in [1.54, 1.807) is 30.3 Å². The molecule has 0 heterocycles. The highest BCUT2D eigenvalue weighted by molar-refractivity contribution is 7.92. The van der Waals surface area contributed by atoms with Crippen molar-refractivity contribution in [2.24, 2.45) is 0 Å². The number of sulfonamides is 1. The van der Waals surface area contributed by atoms with Crippen molar-refractivity contribution in [1.29, 1.82) is 0 Å². The van der Waals surface area contributed by atoms with Crippen LogP contribution < -0.4 is 4.72 Å². The maximum Gasteiger partial charge on any atom is 0.337 e. The molecule has 8 heteroatoms. The molecular weight excluding hydrogens is 414 g/mol.